The second kappa shape index (κ2) is 9.59. The minimum atomic E-state index is -0.905. The van der Waals surface area contributed by atoms with Gasteiger partial charge in [0.05, 0.1) is 21.8 Å². The van der Waals surface area contributed by atoms with Crippen molar-refractivity contribution >= 4 is 52.4 Å². The Bertz CT molecular complexity index is 1310. The first kappa shape index (κ1) is 24.6. The Balaban J connectivity index is 1.73. The van der Waals surface area contributed by atoms with Crippen molar-refractivity contribution in [2.45, 2.75) is 19.8 Å². The number of nitro groups is 1. The molecule has 0 aromatic heterocycles. The third kappa shape index (κ3) is 4.69. The van der Waals surface area contributed by atoms with Gasteiger partial charge in [0, 0.05) is 28.3 Å². The first-order valence-electron chi connectivity index (χ1n) is 10.7. The zero-order valence-corrected chi connectivity index (χ0v) is 20.0. The number of allylic oxidation sites excluding steroid dienone is 2. The first-order chi connectivity index (χ1) is 16.6. The maximum absolute atomic E-state index is 13.5. The largest absolute Gasteiger partial charge is 0.292 e. The predicted octanol–water partition coefficient (Wildman–Crippen LogP) is 4.48. The molecule has 35 heavy (non-hydrogen) atoms. The van der Waals surface area contributed by atoms with Gasteiger partial charge in [-0.05, 0) is 44.0 Å². The number of hydrogen-bond donors (Lipinski definition) is 0. The summed E-state index contributed by atoms with van der Waals surface area (Å²) in [5.41, 5.74) is 0.492. The molecule has 2 aromatic carbocycles. The van der Waals surface area contributed by atoms with Gasteiger partial charge in [0.2, 0.25) is 0 Å². The molecular formula is C24H19Cl2N3O6. The van der Waals surface area contributed by atoms with Gasteiger partial charge in [-0.25, -0.2) is 5.01 Å². The minimum absolute atomic E-state index is 0.0396. The van der Waals surface area contributed by atoms with Crippen molar-refractivity contribution in [3.8, 4) is 0 Å². The van der Waals surface area contributed by atoms with Crippen LogP contribution in [0.3, 0.4) is 0 Å². The number of nitro benzene ring substituents is 1. The number of imide groups is 1. The second-order valence-electron chi connectivity index (χ2n) is 8.41. The number of carbonyl (C=O) groups is 4. The van der Waals surface area contributed by atoms with Crippen molar-refractivity contribution in [2.75, 3.05) is 6.54 Å². The number of halogens is 2. The number of amides is 3. The lowest BCUT2D eigenvalue weighted by atomic mass is 9.82. The van der Waals surface area contributed by atoms with Crippen LogP contribution in [0.1, 0.15) is 40.5 Å². The number of Topliss-reactive ketones (excluding diaryl/α,β-unsaturated/α-hetero) is 1. The molecule has 0 bridgehead atoms. The number of rotatable bonds is 6. The van der Waals surface area contributed by atoms with Crippen LogP contribution >= 0.6 is 23.2 Å². The number of benzene rings is 2. The van der Waals surface area contributed by atoms with Crippen LogP contribution in [-0.2, 0) is 9.59 Å². The molecular weight excluding hydrogens is 497 g/mol. The second-order valence-corrected chi connectivity index (χ2v) is 9.25. The quantitative estimate of drug-likeness (QED) is 0.184. The maximum Gasteiger partial charge on any atom is 0.273 e. The molecule has 180 valence electrons. The zero-order chi connectivity index (χ0) is 25.4. The van der Waals surface area contributed by atoms with E-state index in [1.54, 1.807) is 0 Å². The first-order valence-corrected chi connectivity index (χ1v) is 11.4. The lowest BCUT2D eigenvalue weighted by molar-refractivity contribution is -0.384. The molecule has 1 aliphatic heterocycles. The Hall–Kier alpha value is -3.56. The van der Waals surface area contributed by atoms with Crippen molar-refractivity contribution in [1.29, 1.82) is 0 Å². The number of nitrogens with zero attached hydrogens (tertiary/aromatic N) is 3. The van der Waals surface area contributed by atoms with E-state index in [1.165, 1.54) is 36.4 Å². The highest BCUT2D eigenvalue weighted by atomic mass is 35.5. The molecule has 1 aliphatic carbocycles. The van der Waals surface area contributed by atoms with E-state index >= 15 is 0 Å². The molecule has 0 unspecified atom stereocenters. The molecule has 1 saturated heterocycles. The van der Waals surface area contributed by atoms with Gasteiger partial charge in [0.25, 0.3) is 23.4 Å². The summed E-state index contributed by atoms with van der Waals surface area (Å²) in [7, 11) is 0. The predicted molar refractivity (Wildman–Crippen MR) is 127 cm³/mol. The monoisotopic (exact) mass is 515 g/mol. The molecule has 0 spiro atoms. The Morgan fingerprint density at radius 2 is 1.83 bits per heavy atom. The summed E-state index contributed by atoms with van der Waals surface area (Å²) in [5.74, 6) is -4.05. The van der Waals surface area contributed by atoms with E-state index in [0.717, 1.165) is 16.6 Å². The number of hydrogen-bond acceptors (Lipinski definition) is 6. The highest BCUT2D eigenvalue weighted by Crippen LogP contribution is 2.39. The molecule has 0 radical (unpaired) electrons. The van der Waals surface area contributed by atoms with Crippen LogP contribution in [-0.4, -0.2) is 45.0 Å². The summed E-state index contributed by atoms with van der Waals surface area (Å²) in [4.78, 5) is 63.8. The van der Waals surface area contributed by atoms with E-state index in [4.69, 9.17) is 23.2 Å². The SMILES string of the molecule is CC1=CC[C@H]2C(=O)N(N(CC(=O)c3ccc(Cl)cc3Cl)C(=O)c3cccc([N+](=O)[O-])c3)C(=O)[C@@H]2C1. The smallest absolute Gasteiger partial charge is 0.273 e. The van der Waals surface area contributed by atoms with Crippen LogP contribution in [0, 0.1) is 22.0 Å². The van der Waals surface area contributed by atoms with Gasteiger partial charge in [-0.1, -0.05) is 40.9 Å². The molecule has 1 fully saturated rings. The Morgan fingerprint density at radius 3 is 2.51 bits per heavy atom. The van der Waals surface area contributed by atoms with Gasteiger partial charge in [-0.2, -0.15) is 5.01 Å². The fourth-order valence-electron chi connectivity index (χ4n) is 4.33. The van der Waals surface area contributed by atoms with E-state index in [2.05, 4.69) is 0 Å². The van der Waals surface area contributed by atoms with Gasteiger partial charge >= 0.3 is 0 Å². The number of ketones is 1. The van der Waals surface area contributed by atoms with Crippen molar-refractivity contribution in [1.82, 2.24) is 10.0 Å². The van der Waals surface area contributed by atoms with Gasteiger partial charge in [0.15, 0.2) is 5.78 Å². The van der Waals surface area contributed by atoms with Crippen LogP contribution in [0.5, 0.6) is 0 Å². The van der Waals surface area contributed by atoms with Crippen LogP contribution in [0.4, 0.5) is 5.69 Å². The van der Waals surface area contributed by atoms with Crippen molar-refractivity contribution in [3.05, 3.63) is 85.4 Å². The van der Waals surface area contributed by atoms with E-state index in [0.29, 0.717) is 22.9 Å². The van der Waals surface area contributed by atoms with Crippen LogP contribution in [0.25, 0.3) is 0 Å². The highest BCUT2D eigenvalue weighted by Gasteiger charge is 2.51. The van der Waals surface area contributed by atoms with Crippen LogP contribution in [0.15, 0.2) is 54.1 Å². The molecule has 9 nitrogen and oxygen atoms in total. The molecule has 11 heteroatoms. The third-order valence-electron chi connectivity index (χ3n) is 6.10. The summed E-state index contributed by atoms with van der Waals surface area (Å²) in [6.45, 7) is 1.17. The molecule has 0 N–H and O–H groups in total. The zero-order valence-electron chi connectivity index (χ0n) is 18.4. The summed E-state index contributed by atoms with van der Waals surface area (Å²) in [5, 5.41) is 13.0. The van der Waals surface area contributed by atoms with Crippen molar-refractivity contribution < 1.29 is 24.1 Å². The van der Waals surface area contributed by atoms with E-state index in [9.17, 15) is 29.3 Å². The van der Waals surface area contributed by atoms with E-state index in [1.807, 2.05) is 13.0 Å². The number of fused-ring (bicyclic) bond motifs is 1. The number of carbonyl (C=O) groups excluding carboxylic acids is 4. The minimum Gasteiger partial charge on any atom is -0.292 e. The Labute approximate surface area is 210 Å². The lowest BCUT2D eigenvalue weighted by Crippen LogP contribution is -2.52. The number of non-ortho nitro benzene ring substituents is 1. The van der Waals surface area contributed by atoms with Gasteiger partial charge in [-0.3, -0.25) is 29.3 Å². The molecule has 2 aliphatic rings. The third-order valence-corrected chi connectivity index (χ3v) is 6.65. The molecule has 1 heterocycles. The summed E-state index contributed by atoms with van der Waals surface area (Å²) in [6.07, 6.45) is 2.58. The molecule has 4 rings (SSSR count). The Kier molecular flexibility index (Phi) is 6.73. The van der Waals surface area contributed by atoms with Crippen LogP contribution < -0.4 is 0 Å². The van der Waals surface area contributed by atoms with E-state index < -0.39 is 46.8 Å². The van der Waals surface area contributed by atoms with Crippen molar-refractivity contribution in [3.63, 3.8) is 0 Å². The van der Waals surface area contributed by atoms with Crippen molar-refractivity contribution in [2.24, 2.45) is 11.8 Å². The van der Waals surface area contributed by atoms with Gasteiger partial charge in [0.1, 0.15) is 6.54 Å². The van der Waals surface area contributed by atoms with Gasteiger partial charge in [-0.15, -0.1) is 0 Å². The fourth-order valence-corrected chi connectivity index (χ4v) is 4.84. The highest BCUT2D eigenvalue weighted by molar-refractivity contribution is 6.37. The van der Waals surface area contributed by atoms with Crippen LogP contribution in [0.2, 0.25) is 10.0 Å². The normalized spacial score (nSPS) is 19.3. The average Bonchev–Trinajstić information content (AvgIpc) is 3.06. The fraction of sp³-hybridized carbons (Fsp3) is 0.250. The molecule has 2 aromatic rings. The lowest BCUT2D eigenvalue weighted by Gasteiger charge is -2.30. The van der Waals surface area contributed by atoms with E-state index in [-0.39, 0.29) is 21.8 Å². The number of hydrazine groups is 1. The molecule has 3 amide bonds. The summed E-state index contributed by atoms with van der Waals surface area (Å²) in [6, 6.07) is 9.03. The molecule has 2 atom stereocenters. The maximum atomic E-state index is 13.5. The molecule has 0 saturated carbocycles. The summed E-state index contributed by atoms with van der Waals surface area (Å²) >= 11 is 12.1. The average molecular weight is 516 g/mol. The topological polar surface area (TPSA) is 118 Å². The standard InChI is InChI=1S/C24H19Cl2N3O6/c1-13-5-7-17-19(9-13)24(33)28(23(17)32)27(12-21(30)18-8-6-15(25)11-20(18)26)22(31)14-3-2-4-16(10-14)29(34)35/h2-6,8,10-11,17,19H,7,9,12H2,1H3/t17-,19-/m1/s1. The summed E-state index contributed by atoms with van der Waals surface area (Å²) < 4.78 is 0. The van der Waals surface area contributed by atoms with Gasteiger partial charge < -0.3 is 0 Å². The Morgan fingerprint density at radius 1 is 1.11 bits per heavy atom.